The monoisotopic (exact) mass is 481 g/mol. The molecule has 0 saturated heterocycles. The summed E-state index contributed by atoms with van der Waals surface area (Å²) in [6.45, 7) is 18.6. The summed E-state index contributed by atoms with van der Waals surface area (Å²) in [4.78, 5) is 0. The summed E-state index contributed by atoms with van der Waals surface area (Å²) in [5, 5.41) is 3.14. The van der Waals surface area contributed by atoms with E-state index in [1.807, 2.05) is 63.4 Å². The molecule has 1 N–H and O–H groups in total. The standard InChI is InChI=1S/C13H17N.C11H14.C7H8.C4H8/c1-4-5-6-13-9-12(10-14-3)8-7-11(13)2;1-3-4-5-11-8-6-10(2)7-9-11;1-7-5-3-2-4-6-7;1-3-4-2/h4-9,14H,1,10H2,2-3H3;3,6-9H,1,4-5H2,2H3;2-6H,1H3;3-4H,1-2H3/b6-5-;;;4-3-. The Labute approximate surface area is 222 Å². The van der Waals surface area contributed by atoms with Gasteiger partial charge in [0.2, 0.25) is 0 Å². The second kappa shape index (κ2) is 22.1. The fraction of sp³-hybridized carbons (Fsp3) is 0.257. The Balaban J connectivity index is 0.000000494. The first-order valence-electron chi connectivity index (χ1n) is 12.7. The minimum Gasteiger partial charge on any atom is -0.316 e. The van der Waals surface area contributed by atoms with Crippen molar-refractivity contribution in [3.8, 4) is 0 Å². The second-order valence-corrected chi connectivity index (χ2v) is 8.45. The van der Waals surface area contributed by atoms with Crippen LogP contribution >= 0.6 is 0 Å². The molecule has 0 atom stereocenters. The molecule has 0 radical (unpaired) electrons. The summed E-state index contributed by atoms with van der Waals surface area (Å²) in [5.41, 5.74) is 7.91. The molecule has 0 fully saturated rings. The summed E-state index contributed by atoms with van der Waals surface area (Å²) in [7, 11) is 1.96. The lowest BCUT2D eigenvalue weighted by molar-refractivity contribution is 0.817. The molecule has 192 valence electrons. The summed E-state index contributed by atoms with van der Waals surface area (Å²) in [5.74, 6) is 0. The van der Waals surface area contributed by atoms with Crippen molar-refractivity contribution in [2.75, 3.05) is 7.05 Å². The molecule has 0 aliphatic carbocycles. The van der Waals surface area contributed by atoms with E-state index in [9.17, 15) is 0 Å². The van der Waals surface area contributed by atoms with Crippen molar-refractivity contribution in [1.29, 1.82) is 0 Å². The van der Waals surface area contributed by atoms with Crippen LogP contribution in [0.3, 0.4) is 0 Å². The summed E-state index contributed by atoms with van der Waals surface area (Å²) in [6.07, 6.45) is 14.0. The summed E-state index contributed by atoms with van der Waals surface area (Å²) >= 11 is 0. The van der Waals surface area contributed by atoms with Gasteiger partial charge in [-0.15, -0.1) is 6.58 Å². The van der Waals surface area contributed by atoms with Gasteiger partial charge in [-0.1, -0.05) is 127 Å². The Hall–Kier alpha value is -3.42. The van der Waals surface area contributed by atoms with Gasteiger partial charge in [-0.05, 0) is 76.8 Å². The molecule has 0 amide bonds. The molecule has 1 nitrogen and oxygen atoms in total. The molecule has 0 bridgehead atoms. The van der Waals surface area contributed by atoms with Crippen LogP contribution in [0.4, 0.5) is 0 Å². The summed E-state index contributed by atoms with van der Waals surface area (Å²) in [6, 6.07) is 25.4. The Morgan fingerprint density at radius 2 is 1.33 bits per heavy atom. The lowest BCUT2D eigenvalue weighted by atomic mass is 10.0. The molecule has 0 aliphatic heterocycles. The zero-order valence-electron chi connectivity index (χ0n) is 23.4. The van der Waals surface area contributed by atoms with Crippen LogP contribution < -0.4 is 5.32 Å². The maximum Gasteiger partial charge on any atom is 0.0202 e. The highest BCUT2D eigenvalue weighted by molar-refractivity contribution is 5.55. The molecule has 0 aliphatic rings. The highest BCUT2D eigenvalue weighted by Crippen LogP contribution is 2.13. The fourth-order valence-electron chi connectivity index (χ4n) is 2.91. The van der Waals surface area contributed by atoms with Gasteiger partial charge in [-0.25, -0.2) is 0 Å². The van der Waals surface area contributed by atoms with E-state index in [0.29, 0.717) is 0 Å². The maximum atomic E-state index is 3.69. The fourth-order valence-corrected chi connectivity index (χ4v) is 2.91. The van der Waals surface area contributed by atoms with Crippen LogP contribution in [-0.4, -0.2) is 7.05 Å². The second-order valence-electron chi connectivity index (χ2n) is 8.45. The first-order valence-corrected chi connectivity index (χ1v) is 12.7. The van der Waals surface area contributed by atoms with Gasteiger partial charge in [0.1, 0.15) is 0 Å². The van der Waals surface area contributed by atoms with Gasteiger partial charge in [0, 0.05) is 6.54 Å². The third kappa shape index (κ3) is 17.1. The lowest BCUT2D eigenvalue weighted by Crippen LogP contribution is -2.05. The number of allylic oxidation sites excluding steroid dienone is 5. The van der Waals surface area contributed by atoms with E-state index in [4.69, 9.17) is 0 Å². The Morgan fingerprint density at radius 3 is 1.81 bits per heavy atom. The highest BCUT2D eigenvalue weighted by atomic mass is 14.8. The first kappa shape index (κ1) is 32.6. The number of nitrogens with one attached hydrogen (secondary N) is 1. The number of benzene rings is 3. The van der Waals surface area contributed by atoms with Crippen LogP contribution in [0.5, 0.6) is 0 Å². The van der Waals surface area contributed by atoms with E-state index < -0.39 is 0 Å². The zero-order valence-corrected chi connectivity index (χ0v) is 23.4. The average Bonchev–Trinajstić information content (AvgIpc) is 2.90. The molecule has 0 spiro atoms. The largest absolute Gasteiger partial charge is 0.316 e. The number of rotatable bonds is 7. The van der Waals surface area contributed by atoms with E-state index in [0.717, 1.165) is 19.4 Å². The Morgan fingerprint density at radius 1 is 0.750 bits per heavy atom. The number of hydrogen-bond acceptors (Lipinski definition) is 1. The van der Waals surface area contributed by atoms with Gasteiger partial charge in [0.05, 0.1) is 0 Å². The molecule has 1 heteroatoms. The van der Waals surface area contributed by atoms with Gasteiger partial charge >= 0.3 is 0 Å². The molecule has 0 unspecified atom stereocenters. The van der Waals surface area contributed by atoms with Gasteiger partial charge < -0.3 is 5.32 Å². The predicted octanol–water partition coefficient (Wildman–Crippen LogP) is 9.60. The van der Waals surface area contributed by atoms with E-state index in [1.54, 1.807) is 6.08 Å². The molecule has 3 aromatic rings. The predicted molar refractivity (Wildman–Crippen MR) is 165 cm³/mol. The molecule has 36 heavy (non-hydrogen) atoms. The maximum absolute atomic E-state index is 3.69. The first-order chi connectivity index (χ1) is 17.4. The van der Waals surface area contributed by atoms with Crippen LogP contribution in [-0.2, 0) is 13.0 Å². The molecule has 3 rings (SSSR count). The zero-order chi connectivity index (χ0) is 27.0. The van der Waals surface area contributed by atoms with Crippen LogP contribution in [0, 0.1) is 20.8 Å². The van der Waals surface area contributed by atoms with Crippen LogP contribution in [0.1, 0.15) is 53.6 Å². The normalized spacial score (nSPS) is 9.83. The highest BCUT2D eigenvalue weighted by Gasteiger charge is 1.96. The van der Waals surface area contributed by atoms with E-state index >= 15 is 0 Å². The van der Waals surface area contributed by atoms with Gasteiger partial charge in [0.25, 0.3) is 0 Å². The van der Waals surface area contributed by atoms with Crippen molar-refractivity contribution in [1.82, 2.24) is 5.32 Å². The van der Waals surface area contributed by atoms with Crippen LogP contribution in [0.2, 0.25) is 0 Å². The number of hydrogen-bond donors (Lipinski definition) is 1. The molecular formula is C35H47N. The quantitative estimate of drug-likeness (QED) is 0.262. The van der Waals surface area contributed by atoms with Crippen molar-refractivity contribution < 1.29 is 0 Å². The molecule has 0 aromatic heterocycles. The van der Waals surface area contributed by atoms with Gasteiger partial charge in [-0.2, -0.15) is 0 Å². The van der Waals surface area contributed by atoms with Gasteiger partial charge in [0.15, 0.2) is 0 Å². The van der Waals surface area contributed by atoms with Crippen molar-refractivity contribution in [3.63, 3.8) is 0 Å². The Bertz CT molecular complexity index is 1000. The minimum atomic E-state index is 0.912. The number of aryl methyl sites for hydroxylation is 4. The SMILES string of the molecule is C/C=C\C.C=C/C=C\c1cc(CNC)ccc1C.C=CCCc1ccc(C)cc1.Cc1ccccc1. The van der Waals surface area contributed by atoms with Crippen LogP contribution in [0.25, 0.3) is 6.08 Å². The van der Waals surface area contributed by atoms with Crippen molar-refractivity contribution in [2.45, 2.75) is 54.0 Å². The lowest BCUT2D eigenvalue weighted by Gasteiger charge is -2.04. The molecule has 3 aromatic carbocycles. The third-order valence-corrected chi connectivity index (χ3v) is 5.17. The van der Waals surface area contributed by atoms with E-state index in [1.165, 1.54) is 33.4 Å². The Kier molecular flexibility index (Phi) is 20.0. The minimum absolute atomic E-state index is 0.912. The van der Waals surface area contributed by atoms with E-state index in [2.05, 4.69) is 99.9 Å². The molecule has 0 saturated carbocycles. The topological polar surface area (TPSA) is 12.0 Å². The molecular weight excluding hydrogens is 434 g/mol. The van der Waals surface area contributed by atoms with Crippen molar-refractivity contribution in [2.24, 2.45) is 0 Å². The molecule has 0 heterocycles. The summed E-state index contributed by atoms with van der Waals surface area (Å²) < 4.78 is 0. The van der Waals surface area contributed by atoms with Gasteiger partial charge in [-0.3, -0.25) is 0 Å². The third-order valence-electron chi connectivity index (χ3n) is 5.17. The van der Waals surface area contributed by atoms with Crippen molar-refractivity contribution >= 4 is 6.08 Å². The smallest absolute Gasteiger partial charge is 0.0202 e. The average molecular weight is 482 g/mol. The van der Waals surface area contributed by atoms with Crippen LogP contribution in [0.15, 0.2) is 116 Å². The van der Waals surface area contributed by atoms with E-state index in [-0.39, 0.29) is 0 Å². The van der Waals surface area contributed by atoms with Crippen molar-refractivity contribution in [3.05, 3.63) is 150 Å².